The average molecular weight is 379 g/mol. The average Bonchev–Trinajstić information content (AvgIpc) is 3.11. The van der Waals surface area contributed by atoms with Crippen LogP contribution in [0.25, 0.3) is 22.6 Å². The van der Waals surface area contributed by atoms with E-state index in [2.05, 4.69) is 10.3 Å². The highest BCUT2D eigenvalue weighted by Crippen LogP contribution is 2.28. The topological polar surface area (TPSA) is 64.4 Å². The van der Waals surface area contributed by atoms with E-state index in [1.807, 2.05) is 24.3 Å². The van der Waals surface area contributed by atoms with Crippen molar-refractivity contribution >= 4 is 34.3 Å². The molecule has 0 aliphatic heterocycles. The molecule has 0 fully saturated rings. The quantitative estimate of drug-likeness (QED) is 0.515. The van der Waals surface area contributed by atoms with Gasteiger partial charge in [0.05, 0.1) is 7.11 Å². The summed E-state index contributed by atoms with van der Waals surface area (Å²) < 4.78 is 11.1. The van der Waals surface area contributed by atoms with Crippen LogP contribution in [0.5, 0.6) is 5.75 Å². The second-order valence-corrected chi connectivity index (χ2v) is 6.33. The summed E-state index contributed by atoms with van der Waals surface area (Å²) in [5.74, 6) is 0.968. The number of oxazole rings is 1. The number of halogens is 1. The zero-order valence-corrected chi connectivity index (χ0v) is 15.2. The number of hydrogen-bond acceptors (Lipinski definition) is 4. The molecule has 5 nitrogen and oxygen atoms in total. The fourth-order valence-corrected chi connectivity index (χ4v) is 2.91. The number of hydrogen-bond donors (Lipinski definition) is 1. The molecular weight excluding hydrogens is 364 g/mol. The fraction of sp³-hybridized carbons (Fsp3) is 0.0476. The van der Waals surface area contributed by atoms with Gasteiger partial charge >= 0.3 is 0 Å². The van der Waals surface area contributed by atoms with E-state index >= 15 is 0 Å². The van der Waals surface area contributed by atoms with Gasteiger partial charge < -0.3 is 14.5 Å². The Morgan fingerprint density at radius 3 is 2.74 bits per heavy atom. The molecule has 27 heavy (non-hydrogen) atoms. The van der Waals surface area contributed by atoms with Crippen LogP contribution in [-0.2, 0) is 0 Å². The van der Waals surface area contributed by atoms with Crippen LogP contribution in [0.3, 0.4) is 0 Å². The zero-order valence-electron chi connectivity index (χ0n) is 14.4. The Morgan fingerprint density at radius 2 is 1.93 bits per heavy atom. The number of carbonyl (C=O) groups excluding carboxylic acids is 1. The van der Waals surface area contributed by atoms with Gasteiger partial charge in [0.1, 0.15) is 11.3 Å². The molecule has 134 valence electrons. The SMILES string of the molecule is COc1cccc(-c2nc3ccc(NC(=O)c4cccc(Cl)c4)cc3o2)c1. The van der Waals surface area contributed by atoms with Gasteiger partial charge in [0.25, 0.3) is 5.91 Å². The normalized spacial score (nSPS) is 10.7. The highest BCUT2D eigenvalue weighted by atomic mass is 35.5. The summed E-state index contributed by atoms with van der Waals surface area (Å²) >= 11 is 5.94. The highest BCUT2D eigenvalue weighted by Gasteiger charge is 2.11. The molecule has 3 aromatic carbocycles. The molecule has 0 saturated heterocycles. The Labute approximate surface area is 160 Å². The molecule has 1 heterocycles. The van der Waals surface area contributed by atoms with Crippen molar-refractivity contribution in [1.29, 1.82) is 0 Å². The summed E-state index contributed by atoms with van der Waals surface area (Å²) in [5.41, 5.74) is 3.19. The van der Waals surface area contributed by atoms with E-state index in [0.717, 1.165) is 11.3 Å². The molecule has 0 unspecified atom stereocenters. The van der Waals surface area contributed by atoms with Crippen molar-refractivity contribution in [3.05, 3.63) is 77.3 Å². The molecule has 4 aromatic rings. The van der Waals surface area contributed by atoms with Gasteiger partial charge in [0.2, 0.25) is 5.89 Å². The van der Waals surface area contributed by atoms with Gasteiger partial charge in [-0.25, -0.2) is 4.98 Å². The van der Waals surface area contributed by atoms with Crippen LogP contribution in [0.2, 0.25) is 5.02 Å². The molecule has 1 amide bonds. The van der Waals surface area contributed by atoms with Gasteiger partial charge in [0, 0.05) is 27.9 Å². The van der Waals surface area contributed by atoms with Crippen molar-refractivity contribution in [2.24, 2.45) is 0 Å². The summed E-state index contributed by atoms with van der Waals surface area (Å²) in [7, 11) is 1.61. The van der Waals surface area contributed by atoms with Crippen molar-refractivity contribution in [3.8, 4) is 17.2 Å². The van der Waals surface area contributed by atoms with Crippen molar-refractivity contribution < 1.29 is 13.9 Å². The molecule has 0 bridgehead atoms. The maximum atomic E-state index is 12.4. The number of aromatic nitrogens is 1. The number of amides is 1. The van der Waals surface area contributed by atoms with Crippen molar-refractivity contribution in [3.63, 3.8) is 0 Å². The Morgan fingerprint density at radius 1 is 1.07 bits per heavy atom. The molecule has 1 N–H and O–H groups in total. The Kier molecular flexibility index (Phi) is 4.52. The van der Waals surface area contributed by atoms with E-state index in [4.69, 9.17) is 20.8 Å². The number of methoxy groups -OCH3 is 1. The number of fused-ring (bicyclic) bond motifs is 1. The fourth-order valence-electron chi connectivity index (χ4n) is 2.71. The Hall–Kier alpha value is -3.31. The largest absolute Gasteiger partial charge is 0.497 e. The molecule has 0 aliphatic carbocycles. The zero-order chi connectivity index (χ0) is 18.8. The molecule has 0 radical (unpaired) electrons. The first kappa shape index (κ1) is 17.1. The van der Waals surface area contributed by atoms with Crippen LogP contribution >= 0.6 is 11.6 Å². The predicted octanol–water partition coefficient (Wildman–Crippen LogP) is 5.41. The first-order valence-electron chi connectivity index (χ1n) is 8.24. The number of ether oxygens (including phenoxy) is 1. The van der Waals surface area contributed by atoms with Gasteiger partial charge in [0.15, 0.2) is 5.58 Å². The first-order valence-corrected chi connectivity index (χ1v) is 8.62. The van der Waals surface area contributed by atoms with Gasteiger partial charge in [-0.1, -0.05) is 23.7 Å². The van der Waals surface area contributed by atoms with Gasteiger partial charge in [-0.15, -0.1) is 0 Å². The minimum atomic E-state index is -0.246. The van der Waals surface area contributed by atoms with Crippen LogP contribution in [0.1, 0.15) is 10.4 Å². The van der Waals surface area contributed by atoms with E-state index in [-0.39, 0.29) is 5.91 Å². The van der Waals surface area contributed by atoms with Crippen LogP contribution in [0, 0.1) is 0 Å². The summed E-state index contributed by atoms with van der Waals surface area (Å²) in [6.45, 7) is 0. The van der Waals surface area contributed by atoms with Crippen LogP contribution in [0.4, 0.5) is 5.69 Å². The molecular formula is C21H15ClN2O3. The second-order valence-electron chi connectivity index (χ2n) is 5.90. The number of benzene rings is 3. The van der Waals surface area contributed by atoms with Gasteiger partial charge in [-0.2, -0.15) is 0 Å². The summed E-state index contributed by atoms with van der Waals surface area (Å²) in [5, 5.41) is 3.35. The first-order chi connectivity index (χ1) is 13.1. The molecule has 0 saturated carbocycles. The highest BCUT2D eigenvalue weighted by molar-refractivity contribution is 6.31. The Bertz CT molecular complexity index is 1140. The summed E-state index contributed by atoms with van der Waals surface area (Å²) in [6, 6.07) is 19.6. The monoisotopic (exact) mass is 378 g/mol. The van der Waals surface area contributed by atoms with E-state index in [9.17, 15) is 4.79 Å². The van der Waals surface area contributed by atoms with Crippen LogP contribution < -0.4 is 10.1 Å². The minimum Gasteiger partial charge on any atom is -0.497 e. The lowest BCUT2D eigenvalue weighted by molar-refractivity contribution is 0.102. The number of carbonyl (C=O) groups is 1. The smallest absolute Gasteiger partial charge is 0.255 e. The number of nitrogens with one attached hydrogen (secondary N) is 1. The lowest BCUT2D eigenvalue weighted by Gasteiger charge is -2.05. The molecule has 0 aliphatic rings. The maximum Gasteiger partial charge on any atom is 0.255 e. The molecule has 4 rings (SSSR count). The van der Waals surface area contributed by atoms with Crippen molar-refractivity contribution in [2.75, 3.05) is 12.4 Å². The number of rotatable bonds is 4. The van der Waals surface area contributed by atoms with Gasteiger partial charge in [-0.3, -0.25) is 4.79 Å². The standard InChI is InChI=1S/C21H15ClN2O3/c1-26-17-7-3-5-14(11-17)21-24-18-9-8-16(12-19(18)27-21)23-20(25)13-4-2-6-15(22)10-13/h2-12H,1H3,(H,23,25). The summed E-state index contributed by atoms with van der Waals surface area (Å²) in [6.07, 6.45) is 0. The molecule has 1 aromatic heterocycles. The number of nitrogens with zero attached hydrogens (tertiary/aromatic N) is 1. The third kappa shape index (κ3) is 3.64. The van der Waals surface area contributed by atoms with Crippen LogP contribution in [0.15, 0.2) is 71.1 Å². The lowest BCUT2D eigenvalue weighted by Crippen LogP contribution is -2.11. The second kappa shape index (κ2) is 7.13. The van der Waals surface area contributed by atoms with E-state index in [1.165, 1.54) is 0 Å². The minimum absolute atomic E-state index is 0.246. The molecule has 6 heteroatoms. The summed E-state index contributed by atoms with van der Waals surface area (Å²) in [4.78, 5) is 16.9. The predicted molar refractivity (Wildman–Crippen MR) is 105 cm³/mol. The van der Waals surface area contributed by atoms with Crippen molar-refractivity contribution in [1.82, 2.24) is 4.98 Å². The van der Waals surface area contributed by atoms with E-state index in [0.29, 0.717) is 33.3 Å². The molecule has 0 spiro atoms. The van der Waals surface area contributed by atoms with Crippen LogP contribution in [-0.4, -0.2) is 18.0 Å². The lowest BCUT2D eigenvalue weighted by atomic mass is 10.2. The van der Waals surface area contributed by atoms with Crippen molar-refractivity contribution in [2.45, 2.75) is 0 Å². The van der Waals surface area contributed by atoms with E-state index < -0.39 is 0 Å². The Balaban J connectivity index is 1.61. The number of anilines is 1. The molecule has 0 atom stereocenters. The maximum absolute atomic E-state index is 12.4. The van der Waals surface area contributed by atoms with E-state index in [1.54, 1.807) is 49.6 Å². The third-order valence-corrected chi connectivity index (χ3v) is 4.28. The van der Waals surface area contributed by atoms with Gasteiger partial charge in [-0.05, 0) is 48.5 Å². The third-order valence-electron chi connectivity index (χ3n) is 4.05.